The van der Waals surface area contributed by atoms with Crippen LogP contribution < -0.4 is 9.80 Å². The van der Waals surface area contributed by atoms with E-state index in [0.717, 1.165) is 6.07 Å². The number of piperazine rings is 1. The standard InChI is InChI=1S/C19H22F3N3O2S/c1-4-27-17(26)16-9-23-18(28-16)25-11-12(2)24(10-13(25)3)15-7-5-6-14(8-15)19(20,21)22/h5-9,12-13H,4,10-11H2,1-3H3/t12-,13-/m0/s1. The molecule has 0 saturated carbocycles. The van der Waals surface area contributed by atoms with Gasteiger partial charge in [0.05, 0.1) is 18.4 Å². The van der Waals surface area contributed by atoms with Gasteiger partial charge in [0, 0.05) is 30.9 Å². The summed E-state index contributed by atoms with van der Waals surface area (Å²) < 4.78 is 44.1. The number of anilines is 2. The van der Waals surface area contributed by atoms with E-state index in [0.29, 0.717) is 35.4 Å². The van der Waals surface area contributed by atoms with Crippen molar-refractivity contribution in [1.82, 2.24) is 4.98 Å². The van der Waals surface area contributed by atoms with E-state index >= 15 is 0 Å². The number of carbonyl (C=O) groups is 1. The molecule has 5 nitrogen and oxygen atoms in total. The number of aromatic nitrogens is 1. The van der Waals surface area contributed by atoms with E-state index in [9.17, 15) is 18.0 Å². The van der Waals surface area contributed by atoms with Gasteiger partial charge in [0.1, 0.15) is 4.88 Å². The average Bonchev–Trinajstić information content (AvgIpc) is 3.13. The number of carbonyl (C=O) groups excluding carboxylic acids is 1. The number of benzene rings is 1. The van der Waals surface area contributed by atoms with Gasteiger partial charge in [0.25, 0.3) is 0 Å². The van der Waals surface area contributed by atoms with Crippen molar-refractivity contribution in [3.05, 3.63) is 40.9 Å². The summed E-state index contributed by atoms with van der Waals surface area (Å²) in [5.41, 5.74) is -0.0912. The summed E-state index contributed by atoms with van der Waals surface area (Å²) >= 11 is 1.27. The zero-order valence-corrected chi connectivity index (χ0v) is 16.7. The summed E-state index contributed by atoms with van der Waals surface area (Å²) in [5, 5.41) is 0.714. The molecule has 0 N–H and O–H groups in total. The monoisotopic (exact) mass is 413 g/mol. The molecule has 1 aliphatic heterocycles. The fourth-order valence-electron chi connectivity index (χ4n) is 3.31. The van der Waals surface area contributed by atoms with Gasteiger partial charge in [0.15, 0.2) is 5.13 Å². The molecule has 1 fully saturated rings. The zero-order chi connectivity index (χ0) is 20.5. The number of halogens is 3. The minimum absolute atomic E-state index is 0.0189. The molecular formula is C19H22F3N3O2S. The number of hydrogen-bond donors (Lipinski definition) is 0. The number of ether oxygens (including phenoxy) is 1. The van der Waals surface area contributed by atoms with E-state index < -0.39 is 17.7 Å². The van der Waals surface area contributed by atoms with Crippen molar-refractivity contribution in [2.45, 2.75) is 39.0 Å². The summed E-state index contributed by atoms with van der Waals surface area (Å²) in [5.74, 6) is -0.394. The lowest BCUT2D eigenvalue weighted by atomic mass is 10.1. The van der Waals surface area contributed by atoms with Crippen LogP contribution >= 0.6 is 11.3 Å². The third kappa shape index (κ3) is 4.24. The van der Waals surface area contributed by atoms with Gasteiger partial charge in [-0.3, -0.25) is 0 Å². The molecule has 0 spiro atoms. The molecule has 9 heteroatoms. The van der Waals surface area contributed by atoms with Gasteiger partial charge < -0.3 is 14.5 Å². The molecule has 1 aromatic heterocycles. The van der Waals surface area contributed by atoms with Gasteiger partial charge in [-0.15, -0.1) is 0 Å². The van der Waals surface area contributed by atoms with Crippen LogP contribution in [0, 0.1) is 0 Å². The van der Waals surface area contributed by atoms with Crippen LogP contribution in [0.4, 0.5) is 24.0 Å². The van der Waals surface area contributed by atoms with Gasteiger partial charge in [-0.1, -0.05) is 17.4 Å². The molecule has 2 atom stereocenters. The summed E-state index contributed by atoms with van der Waals surface area (Å²) in [7, 11) is 0. The lowest BCUT2D eigenvalue weighted by molar-refractivity contribution is -0.137. The molecule has 0 bridgehead atoms. The Kier molecular flexibility index (Phi) is 5.83. The fraction of sp³-hybridized carbons (Fsp3) is 0.474. The molecule has 0 aliphatic carbocycles. The van der Waals surface area contributed by atoms with Crippen molar-refractivity contribution in [3.63, 3.8) is 0 Å². The van der Waals surface area contributed by atoms with Crippen LogP contribution in [0.2, 0.25) is 0 Å². The van der Waals surface area contributed by atoms with Crippen LogP contribution in [0.3, 0.4) is 0 Å². The van der Waals surface area contributed by atoms with Crippen molar-refractivity contribution in [2.24, 2.45) is 0 Å². The fourth-order valence-corrected chi connectivity index (χ4v) is 4.23. The smallest absolute Gasteiger partial charge is 0.416 e. The van der Waals surface area contributed by atoms with E-state index in [4.69, 9.17) is 4.74 Å². The molecule has 0 amide bonds. The second-order valence-corrected chi connectivity index (χ2v) is 7.79. The molecular weight excluding hydrogens is 391 g/mol. The highest BCUT2D eigenvalue weighted by Gasteiger charge is 2.34. The predicted molar refractivity (Wildman–Crippen MR) is 103 cm³/mol. The lowest BCUT2D eigenvalue weighted by Gasteiger charge is -2.45. The molecule has 28 heavy (non-hydrogen) atoms. The first-order chi connectivity index (χ1) is 13.2. The third-order valence-corrected chi connectivity index (χ3v) is 5.72. The highest BCUT2D eigenvalue weighted by Crippen LogP contribution is 2.34. The topological polar surface area (TPSA) is 45.7 Å². The maximum absolute atomic E-state index is 13.0. The molecule has 3 rings (SSSR count). The number of thiazole rings is 1. The van der Waals surface area contributed by atoms with Crippen molar-refractivity contribution in [1.29, 1.82) is 0 Å². The maximum atomic E-state index is 13.0. The first-order valence-electron chi connectivity index (χ1n) is 9.04. The summed E-state index contributed by atoms with van der Waals surface area (Å²) in [6.07, 6.45) is -2.86. The van der Waals surface area contributed by atoms with E-state index in [-0.39, 0.29) is 12.1 Å². The van der Waals surface area contributed by atoms with Crippen LogP contribution in [0.25, 0.3) is 0 Å². The van der Waals surface area contributed by atoms with E-state index in [1.165, 1.54) is 29.7 Å². The molecule has 0 radical (unpaired) electrons. The Morgan fingerprint density at radius 3 is 2.61 bits per heavy atom. The van der Waals surface area contributed by atoms with Crippen molar-refractivity contribution < 1.29 is 22.7 Å². The molecule has 0 unspecified atom stereocenters. The second-order valence-electron chi connectivity index (χ2n) is 6.78. The second kappa shape index (κ2) is 7.98. The van der Waals surface area contributed by atoms with Gasteiger partial charge in [-0.05, 0) is 39.0 Å². The number of hydrogen-bond acceptors (Lipinski definition) is 6. The van der Waals surface area contributed by atoms with Crippen molar-refractivity contribution >= 4 is 28.1 Å². The Morgan fingerprint density at radius 1 is 1.25 bits per heavy atom. The maximum Gasteiger partial charge on any atom is 0.416 e. The minimum atomic E-state index is -4.36. The summed E-state index contributed by atoms with van der Waals surface area (Å²) in [4.78, 5) is 20.7. The van der Waals surface area contributed by atoms with Crippen LogP contribution in [-0.4, -0.2) is 42.7 Å². The van der Waals surface area contributed by atoms with Gasteiger partial charge in [-0.25, -0.2) is 9.78 Å². The SMILES string of the molecule is CCOC(=O)c1cnc(N2C[C@H](C)N(c3cccc(C(F)(F)F)c3)C[C@@H]2C)s1. The first-order valence-corrected chi connectivity index (χ1v) is 9.85. The largest absolute Gasteiger partial charge is 0.462 e. The lowest BCUT2D eigenvalue weighted by Crippen LogP contribution is -2.56. The molecule has 2 heterocycles. The molecule has 1 saturated heterocycles. The molecule has 1 aliphatic rings. The number of nitrogens with zero attached hydrogens (tertiary/aromatic N) is 3. The van der Waals surface area contributed by atoms with Gasteiger partial charge in [0.2, 0.25) is 0 Å². The normalized spacial score (nSPS) is 20.4. The third-order valence-electron chi connectivity index (χ3n) is 4.71. The Labute approximate surface area is 165 Å². The Hall–Kier alpha value is -2.29. The van der Waals surface area contributed by atoms with Crippen LogP contribution in [0.15, 0.2) is 30.5 Å². The Bertz CT molecular complexity index is 840. The average molecular weight is 413 g/mol. The van der Waals surface area contributed by atoms with Crippen LogP contribution in [0.5, 0.6) is 0 Å². The number of rotatable bonds is 4. The molecule has 2 aromatic rings. The minimum Gasteiger partial charge on any atom is -0.462 e. The Balaban J connectivity index is 1.77. The highest BCUT2D eigenvalue weighted by molar-refractivity contribution is 7.17. The van der Waals surface area contributed by atoms with Crippen LogP contribution in [-0.2, 0) is 10.9 Å². The zero-order valence-electron chi connectivity index (χ0n) is 15.9. The highest BCUT2D eigenvalue weighted by atomic mass is 32.1. The number of esters is 1. The predicted octanol–water partition coefficient (Wildman–Crippen LogP) is 4.44. The molecule has 152 valence electrons. The van der Waals surface area contributed by atoms with E-state index in [1.807, 2.05) is 18.7 Å². The molecule has 1 aromatic carbocycles. The number of alkyl halides is 3. The summed E-state index contributed by atoms with van der Waals surface area (Å²) in [6, 6.07) is 5.42. The van der Waals surface area contributed by atoms with Crippen molar-refractivity contribution in [3.8, 4) is 0 Å². The van der Waals surface area contributed by atoms with Gasteiger partial charge >= 0.3 is 12.1 Å². The Morgan fingerprint density at radius 2 is 1.93 bits per heavy atom. The van der Waals surface area contributed by atoms with Crippen LogP contribution in [0.1, 0.15) is 36.0 Å². The quantitative estimate of drug-likeness (QED) is 0.694. The summed E-state index contributed by atoms with van der Waals surface area (Å²) in [6.45, 7) is 7.16. The van der Waals surface area contributed by atoms with Crippen molar-refractivity contribution in [2.75, 3.05) is 29.5 Å². The van der Waals surface area contributed by atoms with Gasteiger partial charge in [-0.2, -0.15) is 13.2 Å². The van der Waals surface area contributed by atoms with E-state index in [1.54, 1.807) is 13.0 Å². The first kappa shape index (κ1) is 20.4. The van der Waals surface area contributed by atoms with E-state index in [2.05, 4.69) is 9.88 Å².